The predicted molar refractivity (Wildman–Crippen MR) is 97.7 cm³/mol. The van der Waals surface area contributed by atoms with Gasteiger partial charge in [0.1, 0.15) is 0 Å². The van der Waals surface area contributed by atoms with Crippen LogP contribution in [-0.4, -0.2) is 28.0 Å². The average molecular weight is 337 g/mol. The standard InChI is InChI=1S/C18H19N5S/c1-2-5-13(6-3-1)16-11-21-18(24-16)23-17-12-20-10-15(22-17)14-7-4-8-19-9-14/h1-3,5-6,10-12,14,19H,4,7-9H2,(H,21,22,23)/t14-/m0/s1. The van der Waals surface area contributed by atoms with Crippen LogP contribution in [0.3, 0.4) is 0 Å². The Morgan fingerprint density at radius 2 is 2.04 bits per heavy atom. The Balaban J connectivity index is 1.50. The normalized spacial score (nSPS) is 17.6. The first-order chi connectivity index (χ1) is 11.9. The van der Waals surface area contributed by atoms with E-state index < -0.39 is 0 Å². The maximum atomic E-state index is 4.73. The van der Waals surface area contributed by atoms with Gasteiger partial charge in [0.25, 0.3) is 0 Å². The predicted octanol–water partition coefficient (Wildman–Crippen LogP) is 3.81. The van der Waals surface area contributed by atoms with Crippen LogP contribution in [0.4, 0.5) is 10.9 Å². The van der Waals surface area contributed by atoms with E-state index in [9.17, 15) is 0 Å². The zero-order chi connectivity index (χ0) is 16.2. The Labute approximate surface area is 145 Å². The van der Waals surface area contributed by atoms with E-state index in [1.165, 1.54) is 18.4 Å². The van der Waals surface area contributed by atoms with Gasteiger partial charge in [-0.1, -0.05) is 41.7 Å². The van der Waals surface area contributed by atoms with Crippen LogP contribution in [0.5, 0.6) is 0 Å². The number of nitrogens with one attached hydrogen (secondary N) is 2. The molecule has 0 spiro atoms. The van der Waals surface area contributed by atoms with Crippen LogP contribution < -0.4 is 10.6 Å². The largest absolute Gasteiger partial charge is 0.316 e. The van der Waals surface area contributed by atoms with E-state index in [0.29, 0.717) is 5.92 Å². The molecule has 24 heavy (non-hydrogen) atoms. The van der Waals surface area contributed by atoms with E-state index in [1.807, 2.05) is 30.6 Å². The highest BCUT2D eigenvalue weighted by molar-refractivity contribution is 7.18. The highest BCUT2D eigenvalue weighted by Gasteiger charge is 2.17. The molecular formula is C18H19N5S. The molecule has 3 heterocycles. The third-order valence-corrected chi connectivity index (χ3v) is 5.13. The maximum absolute atomic E-state index is 4.73. The molecule has 0 aliphatic carbocycles. The van der Waals surface area contributed by atoms with Crippen LogP contribution in [0, 0.1) is 0 Å². The summed E-state index contributed by atoms with van der Waals surface area (Å²) in [6.45, 7) is 2.08. The lowest BCUT2D eigenvalue weighted by Crippen LogP contribution is -2.29. The van der Waals surface area contributed by atoms with Crippen molar-refractivity contribution in [3.8, 4) is 10.4 Å². The molecule has 2 aromatic heterocycles. The van der Waals surface area contributed by atoms with Gasteiger partial charge in [-0.25, -0.2) is 9.97 Å². The summed E-state index contributed by atoms with van der Waals surface area (Å²) in [6, 6.07) is 10.3. The van der Waals surface area contributed by atoms with Crippen LogP contribution in [-0.2, 0) is 0 Å². The molecule has 0 bridgehead atoms. The Morgan fingerprint density at radius 3 is 2.88 bits per heavy atom. The van der Waals surface area contributed by atoms with E-state index >= 15 is 0 Å². The van der Waals surface area contributed by atoms with Crippen LogP contribution in [0.2, 0.25) is 0 Å². The Morgan fingerprint density at radius 1 is 1.12 bits per heavy atom. The molecule has 5 nitrogen and oxygen atoms in total. The summed E-state index contributed by atoms with van der Waals surface area (Å²) >= 11 is 1.62. The van der Waals surface area contributed by atoms with Crippen molar-refractivity contribution >= 4 is 22.3 Å². The van der Waals surface area contributed by atoms with Crippen LogP contribution in [0.1, 0.15) is 24.5 Å². The molecule has 4 rings (SSSR count). The van der Waals surface area contributed by atoms with Crippen molar-refractivity contribution in [3.63, 3.8) is 0 Å². The zero-order valence-electron chi connectivity index (χ0n) is 13.3. The van der Waals surface area contributed by atoms with Gasteiger partial charge in [-0.05, 0) is 24.9 Å². The fourth-order valence-electron chi connectivity index (χ4n) is 2.92. The molecule has 1 aliphatic heterocycles. The molecule has 1 atom stereocenters. The lowest BCUT2D eigenvalue weighted by atomic mass is 9.97. The first kappa shape index (κ1) is 15.2. The minimum Gasteiger partial charge on any atom is -0.316 e. The van der Waals surface area contributed by atoms with Crippen molar-refractivity contribution in [3.05, 3.63) is 54.6 Å². The molecule has 1 saturated heterocycles. The first-order valence-electron chi connectivity index (χ1n) is 8.19. The van der Waals surface area contributed by atoms with E-state index in [4.69, 9.17) is 4.98 Å². The zero-order valence-corrected chi connectivity index (χ0v) is 14.1. The smallest absolute Gasteiger partial charge is 0.188 e. The average Bonchev–Trinajstić information content (AvgIpc) is 3.12. The number of aromatic nitrogens is 3. The minimum absolute atomic E-state index is 0.448. The maximum Gasteiger partial charge on any atom is 0.188 e. The molecule has 1 aromatic carbocycles. The van der Waals surface area contributed by atoms with Crippen LogP contribution >= 0.6 is 11.3 Å². The minimum atomic E-state index is 0.448. The van der Waals surface area contributed by atoms with Crippen molar-refractivity contribution in [2.75, 3.05) is 18.4 Å². The van der Waals surface area contributed by atoms with E-state index in [-0.39, 0.29) is 0 Å². The number of benzene rings is 1. The van der Waals surface area contributed by atoms with E-state index in [2.05, 4.69) is 32.7 Å². The lowest BCUT2D eigenvalue weighted by molar-refractivity contribution is 0.454. The van der Waals surface area contributed by atoms with Gasteiger partial charge in [-0.2, -0.15) is 0 Å². The molecule has 0 radical (unpaired) electrons. The van der Waals surface area contributed by atoms with Crippen molar-refractivity contribution in [1.82, 2.24) is 20.3 Å². The Bertz CT molecular complexity index is 796. The monoisotopic (exact) mass is 337 g/mol. The van der Waals surface area contributed by atoms with Gasteiger partial charge in [0.05, 0.1) is 16.8 Å². The van der Waals surface area contributed by atoms with Crippen molar-refractivity contribution in [2.24, 2.45) is 0 Å². The quantitative estimate of drug-likeness (QED) is 0.758. The highest BCUT2D eigenvalue weighted by Crippen LogP contribution is 2.30. The van der Waals surface area contributed by atoms with Crippen molar-refractivity contribution < 1.29 is 0 Å². The molecule has 6 heteroatoms. The van der Waals surface area contributed by atoms with Gasteiger partial charge in [0, 0.05) is 24.9 Å². The second kappa shape index (κ2) is 7.07. The summed E-state index contributed by atoms with van der Waals surface area (Å²) in [7, 11) is 0. The number of piperidine rings is 1. The first-order valence-corrected chi connectivity index (χ1v) is 9.01. The number of hydrogen-bond acceptors (Lipinski definition) is 6. The molecule has 0 unspecified atom stereocenters. The van der Waals surface area contributed by atoms with Gasteiger partial charge < -0.3 is 10.6 Å². The van der Waals surface area contributed by atoms with Crippen molar-refractivity contribution in [1.29, 1.82) is 0 Å². The summed E-state index contributed by atoms with van der Waals surface area (Å²) in [6.07, 6.45) is 7.88. The molecule has 122 valence electrons. The van der Waals surface area contributed by atoms with Crippen LogP contribution in [0.25, 0.3) is 10.4 Å². The summed E-state index contributed by atoms with van der Waals surface area (Å²) in [5.74, 6) is 1.20. The van der Waals surface area contributed by atoms with E-state index in [0.717, 1.165) is 34.6 Å². The molecule has 1 fully saturated rings. The summed E-state index contributed by atoms with van der Waals surface area (Å²) in [5.41, 5.74) is 2.23. The third kappa shape index (κ3) is 3.44. The number of anilines is 2. The fraction of sp³-hybridized carbons (Fsp3) is 0.278. The number of rotatable bonds is 4. The molecule has 0 saturated carbocycles. The van der Waals surface area contributed by atoms with Gasteiger partial charge in [0.15, 0.2) is 10.9 Å². The Hall–Kier alpha value is -2.31. The second-order valence-electron chi connectivity index (χ2n) is 5.89. The molecule has 0 amide bonds. The van der Waals surface area contributed by atoms with Gasteiger partial charge in [-0.15, -0.1) is 0 Å². The second-order valence-corrected chi connectivity index (χ2v) is 6.92. The third-order valence-electron chi connectivity index (χ3n) is 4.17. The number of thiazole rings is 1. The molecule has 3 aromatic rings. The molecule has 1 aliphatic rings. The topological polar surface area (TPSA) is 62.7 Å². The molecular weight excluding hydrogens is 318 g/mol. The fourth-order valence-corrected chi connectivity index (χ4v) is 3.75. The lowest BCUT2D eigenvalue weighted by Gasteiger charge is -2.22. The van der Waals surface area contributed by atoms with Crippen LogP contribution in [0.15, 0.2) is 48.9 Å². The Kier molecular flexibility index (Phi) is 4.49. The van der Waals surface area contributed by atoms with Gasteiger partial charge in [-0.3, -0.25) is 4.98 Å². The highest BCUT2D eigenvalue weighted by atomic mass is 32.1. The van der Waals surface area contributed by atoms with Gasteiger partial charge >= 0.3 is 0 Å². The van der Waals surface area contributed by atoms with Gasteiger partial charge in [0.2, 0.25) is 0 Å². The summed E-state index contributed by atoms with van der Waals surface area (Å²) in [4.78, 5) is 14.7. The molecule has 2 N–H and O–H groups in total. The summed E-state index contributed by atoms with van der Waals surface area (Å²) in [5, 5.41) is 7.55. The van der Waals surface area contributed by atoms with E-state index in [1.54, 1.807) is 17.5 Å². The van der Waals surface area contributed by atoms with Crippen molar-refractivity contribution in [2.45, 2.75) is 18.8 Å². The summed E-state index contributed by atoms with van der Waals surface area (Å²) < 4.78 is 0. The number of nitrogens with zero attached hydrogens (tertiary/aromatic N) is 3. The SMILES string of the molecule is c1ccc(-c2cnc(Nc3cncc([C@H]4CCCNC4)n3)s2)cc1. The number of hydrogen-bond donors (Lipinski definition) is 2.